The summed E-state index contributed by atoms with van der Waals surface area (Å²) in [6.45, 7) is 2.33. The number of benzene rings is 1. The SMILES string of the molecule is CC(NC(=O)c1ccc(Cl)cc1)C(=O)NC1CCc2nnnn2CC1. The van der Waals surface area contributed by atoms with E-state index in [4.69, 9.17) is 11.6 Å². The van der Waals surface area contributed by atoms with Gasteiger partial charge in [0.2, 0.25) is 5.91 Å². The van der Waals surface area contributed by atoms with E-state index >= 15 is 0 Å². The maximum absolute atomic E-state index is 12.4. The Morgan fingerprint density at radius 1 is 1.28 bits per heavy atom. The molecule has 0 saturated carbocycles. The van der Waals surface area contributed by atoms with Crippen molar-refractivity contribution in [1.29, 1.82) is 0 Å². The van der Waals surface area contributed by atoms with Crippen LogP contribution in [-0.4, -0.2) is 44.1 Å². The topological polar surface area (TPSA) is 102 Å². The summed E-state index contributed by atoms with van der Waals surface area (Å²) in [5, 5.41) is 17.8. The van der Waals surface area contributed by atoms with Gasteiger partial charge in [0.05, 0.1) is 0 Å². The van der Waals surface area contributed by atoms with Crippen molar-refractivity contribution >= 4 is 23.4 Å². The summed E-state index contributed by atoms with van der Waals surface area (Å²) in [6.07, 6.45) is 2.23. The van der Waals surface area contributed by atoms with Crippen molar-refractivity contribution in [3.8, 4) is 0 Å². The minimum atomic E-state index is -0.636. The molecular formula is C16H19ClN6O2. The Labute approximate surface area is 149 Å². The summed E-state index contributed by atoms with van der Waals surface area (Å²) in [4.78, 5) is 24.5. The van der Waals surface area contributed by atoms with E-state index in [2.05, 4.69) is 26.2 Å². The lowest BCUT2D eigenvalue weighted by Gasteiger charge is -2.20. The van der Waals surface area contributed by atoms with Crippen molar-refractivity contribution in [3.63, 3.8) is 0 Å². The molecule has 2 atom stereocenters. The lowest BCUT2D eigenvalue weighted by atomic mass is 10.1. The molecule has 2 aromatic rings. The van der Waals surface area contributed by atoms with Crippen LogP contribution in [0.2, 0.25) is 5.02 Å². The number of fused-ring (bicyclic) bond motifs is 1. The summed E-state index contributed by atoms with van der Waals surface area (Å²) in [6, 6.07) is 5.90. The number of rotatable bonds is 4. The first-order valence-corrected chi connectivity index (χ1v) is 8.52. The monoisotopic (exact) mass is 362 g/mol. The van der Waals surface area contributed by atoms with Crippen molar-refractivity contribution < 1.29 is 9.59 Å². The van der Waals surface area contributed by atoms with Gasteiger partial charge < -0.3 is 10.6 Å². The van der Waals surface area contributed by atoms with Crippen molar-refractivity contribution in [3.05, 3.63) is 40.7 Å². The Balaban J connectivity index is 1.51. The van der Waals surface area contributed by atoms with Gasteiger partial charge >= 0.3 is 0 Å². The largest absolute Gasteiger partial charge is 0.352 e. The minimum Gasteiger partial charge on any atom is -0.352 e. The Morgan fingerprint density at radius 2 is 2.04 bits per heavy atom. The quantitative estimate of drug-likeness (QED) is 0.843. The van der Waals surface area contributed by atoms with Gasteiger partial charge in [-0.1, -0.05) is 11.6 Å². The average molecular weight is 363 g/mol. The van der Waals surface area contributed by atoms with Gasteiger partial charge in [-0.15, -0.1) is 5.10 Å². The molecule has 2 heterocycles. The van der Waals surface area contributed by atoms with Crippen LogP contribution in [0.3, 0.4) is 0 Å². The van der Waals surface area contributed by atoms with E-state index in [1.165, 1.54) is 0 Å². The molecule has 0 bridgehead atoms. The molecule has 1 aromatic carbocycles. The van der Waals surface area contributed by atoms with Crippen LogP contribution in [0.25, 0.3) is 0 Å². The molecule has 2 amide bonds. The summed E-state index contributed by atoms with van der Waals surface area (Å²) < 4.78 is 1.76. The maximum Gasteiger partial charge on any atom is 0.251 e. The third-order valence-electron chi connectivity index (χ3n) is 4.21. The summed E-state index contributed by atoms with van der Waals surface area (Å²) in [5.74, 6) is 0.314. The Kier molecular flexibility index (Phi) is 5.28. The minimum absolute atomic E-state index is 0.0193. The highest BCUT2D eigenvalue weighted by atomic mass is 35.5. The first kappa shape index (κ1) is 17.3. The van der Waals surface area contributed by atoms with Gasteiger partial charge in [0.1, 0.15) is 6.04 Å². The highest BCUT2D eigenvalue weighted by Gasteiger charge is 2.23. The fraction of sp³-hybridized carbons (Fsp3) is 0.438. The highest BCUT2D eigenvalue weighted by molar-refractivity contribution is 6.30. The number of hydrogen-bond acceptors (Lipinski definition) is 5. The molecule has 132 valence electrons. The third kappa shape index (κ3) is 4.33. The van der Waals surface area contributed by atoms with Crippen molar-refractivity contribution in [2.45, 2.75) is 44.8 Å². The standard InChI is InChI=1S/C16H19ClN6O2/c1-10(18-16(25)11-2-4-12(17)5-3-11)15(24)19-13-6-7-14-20-21-22-23(14)9-8-13/h2-5,10,13H,6-9H2,1H3,(H,18,25)(H,19,24). The molecule has 8 nitrogen and oxygen atoms in total. The van der Waals surface area contributed by atoms with Gasteiger partial charge in [-0.05, 0) is 54.5 Å². The number of nitrogens with zero attached hydrogens (tertiary/aromatic N) is 4. The Bertz CT molecular complexity index is 738. The Hall–Kier alpha value is -2.48. The summed E-state index contributed by atoms with van der Waals surface area (Å²) in [5.41, 5.74) is 0.461. The molecule has 0 saturated heterocycles. The molecule has 1 aliphatic rings. The number of carbonyl (C=O) groups is 2. The third-order valence-corrected chi connectivity index (χ3v) is 4.46. The van der Waals surface area contributed by atoms with Crippen molar-refractivity contribution in [2.24, 2.45) is 0 Å². The molecule has 9 heteroatoms. The van der Waals surface area contributed by atoms with E-state index in [-0.39, 0.29) is 17.9 Å². The van der Waals surface area contributed by atoms with Crippen molar-refractivity contribution in [2.75, 3.05) is 0 Å². The van der Waals surface area contributed by atoms with E-state index < -0.39 is 6.04 Å². The first-order valence-electron chi connectivity index (χ1n) is 8.15. The van der Waals surface area contributed by atoms with Gasteiger partial charge in [-0.3, -0.25) is 9.59 Å². The molecule has 0 radical (unpaired) electrons. The van der Waals surface area contributed by atoms with E-state index in [0.29, 0.717) is 23.6 Å². The molecule has 0 aliphatic carbocycles. The zero-order valence-corrected chi connectivity index (χ0v) is 14.5. The molecule has 0 fully saturated rings. The fourth-order valence-corrected chi connectivity index (χ4v) is 2.85. The number of tetrazole rings is 1. The fourth-order valence-electron chi connectivity index (χ4n) is 2.72. The lowest BCUT2D eigenvalue weighted by molar-refractivity contribution is -0.123. The number of aromatic nitrogens is 4. The second-order valence-corrected chi connectivity index (χ2v) is 6.49. The molecule has 0 spiro atoms. The van der Waals surface area contributed by atoms with Crippen LogP contribution in [0, 0.1) is 0 Å². The predicted molar refractivity (Wildman–Crippen MR) is 91.1 cm³/mol. The molecule has 1 aromatic heterocycles. The van der Waals surface area contributed by atoms with Crippen LogP contribution in [-0.2, 0) is 17.8 Å². The number of hydrogen-bond donors (Lipinski definition) is 2. The van der Waals surface area contributed by atoms with Gasteiger partial charge in [-0.2, -0.15) is 0 Å². The summed E-state index contributed by atoms with van der Waals surface area (Å²) in [7, 11) is 0. The molecule has 3 rings (SSSR count). The van der Waals surface area contributed by atoms with E-state index in [9.17, 15) is 9.59 Å². The average Bonchev–Trinajstić information content (AvgIpc) is 2.97. The smallest absolute Gasteiger partial charge is 0.251 e. The van der Waals surface area contributed by atoms with Gasteiger partial charge in [0, 0.05) is 29.6 Å². The molecular weight excluding hydrogens is 344 g/mol. The van der Waals surface area contributed by atoms with E-state index in [0.717, 1.165) is 18.7 Å². The second-order valence-electron chi connectivity index (χ2n) is 6.05. The van der Waals surface area contributed by atoms with E-state index in [1.54, 1.807) is 35.9 Å². The molecule has 1 aliphatic heterocycles. The van der Waals surface area contributed by atoms with Crippen molar-refractivity contribution in [1.82, 2.24) is 30.8 Å². The number of aryl methyl sites for hydroxylation is 2. The molecule has 2 N–H and O–H groups in total. The second kappa shape index (κ2) is 7.60. The normalized spacial score (nSPS) is 17.9. The van der Waals surface area contributed by atoms with Crippen LogP contribution < -0.4 is 10.6 Å². The number of nitrogens with one attached hydrogen (secondary N) is 2. The van der Waals surface area contributed by atoms with Crippen LogP contribution in [0.5, 0.6) is 0 Å². The van der Waals surface area contributed by atoms with Gasteiger partial charge in [-0.25, -0.2) is 4.68 Å². The van der Waals surface area contributed by atoms with Crippen LogP contribution >= 0.6 is 11.6 Å². The lowest BCUT2D eigenvalue weighted by Crippen LogP contribution is -2.48. The number of amides is 2. The Morgan fingerprint density at radius 3 is 2.80 bits per heavy atom. The number of carbonyl (C=O) groups excluding carboxylic acids is 2. The zero-order valence-electron chi connectivity index (χ0n) is 13.8. The zero-order chi connectivity index (χ0) is 17.8. The highest BCUT2D eigenvalue weighted by Crippen LogP contribution is 2.12. The first-order chi connectivity index (χ1) is 12.0. The van der Waals surface area contributed by atoms with Crippen LogP contribution in [0.15, 0.2) is 24.3 Å². The molecule has 2 unspecified atom stereocenters. The van der Waals surface area contributed by atoms with Crippen LogP contribution in [0.1, 0.15) is 35.9 Å². The number of halogens is 1. The van der Waals surface area contributed by atoms with Gasteiger partial charge in [0.25, 0.3) is 5.91 Å². The molecule has 25 heavy (non-hydrogen) atoms. The predicted octanol–water partition coefficient (Wildman–Crippen LogP) is 0.966. The van der Waals surface area contributed by atoms with Crippen LogP contribution in [0.4, 0.5) is 0 Å². The maximum atomic E-state index is 12.4. The summed E-state index contributed by atoms with van der Waals surface area (Å²) >= 11 is 5.81. The van der Waals surface area contributed by atoms with E-state index in [1.807, 2.05) is 0 Å². The van der Waals surface area contributed by atoms with Gasteiger partial charge in [0.15, 0.2) is 5.82 Å².